The van der Waals surface area contributed by atoms with Crippen LogP contribution in [0.3, 0.4) is 0 Å². The van der Waals surface area contributed by atoms with Gasteiger partial charge in [-0.15, -0.1) is 6.42 Å². The van der Waals surface area contributed by atoms with Gasteiger partial charge in [0, 0.05) is 18.3 Å². The molecule has 92 valence electrons. The zero-order chi connectivity index (χ0) is 13.0. The van der Waals surface area contributed by atoms with E-state index in [-0.39, 0.29) is 12.1 Å². The van der Waals surface area contributed by atoms with E-state index in [9.17, 15) is 4.79 Å². The normalized spacial score (nSPS) is 10.0. The molecule has 2 rings (SSSR count). The highest BCUT2D eigenvalue weighted by Gasteiger charge is 2.07. The van der Waals surface area contributed by atoms with Crippen molar-refractivity contribution in [3.63, 3.8) is 0 Å². The number of hydrogen-bond donors (Lipinski definition) is 2. The summed E-state index contributed by atoms with van der Waals surface area (Å²) >= 11 is 3.24. The van der Waals surface area contributed by atoms with E-state index < -0.39 is 0 Å². The third kappa shape index (κ3) is 2.60. The van der Waals surface area contributed by atoms with Crippen LogP contribution in [0.5, 0.6) is 0 Å². The van der Waals surface area contributed by atoms with Crippen molar-refractivity contribution in [2.24, 2.45) is 0 Å². The molecule has 0 spiro atoms. The summed E-state index contributed by atoms with van der Waals surface area (Å²) in [4.78, 5) is 11.8. The number of halogens is 1. The van der Waals surface area contributed by atoms with Gasteiger partial charge in [-0.25, -0.2) is 4.68 Å². The fourth-order valence-electron chi connectivity index (χ4n) is 1.36. The Morgan fingerprint density at radius 1 is 1.56 bits per heavy atom. The summed E-state index contributed by atoms with van der Waals surface area (Å²) in [6, 6.07) is 0. The maximum atomic E-state index is 11.8. The largest absolute Gasteiger partial charge is 0.378 e. The van der Waals surface area contributed by atoms with E-state index in [0.717, 1.165) is 5.56 Å². The lowest BCUT2D eigenvalue weighted by atomic mass is 10.3. The van der Waals surface area contributed by atoms with E-state index in [1.807, 2.05) is 0 Å². The number of aromatic nitrogens is 4. The van der Waals surface area contributed by atoms with Crippen molar-refractivity contribution in [3.05, 3.63) is 39.0 Å². The second kappa shape index (κ2) is 5.51. The maximum absolute atomic E-state index is 11.8. The first-order chi connectivity index (χ1) is 8.72. The molecule has 0 aliphatic heterocycles. The van der Waals surface area contributed by atoms with Gasteiger partial charge in [0.05, 0.1) is 18.1 Å². The molecule has 7 heteroatoms. The number of rotatable bonds is 4. The second-order valence-electron chi connectivity index (χ2n) is 3.50. The first kappa shape index (κ1) is 12.4. The SMILES string of the molecule is C#CCn1ncc(NCc2cn[nH]c2)c(Br)c1=O. The minimum absolute atomic E-state index is 0.152. The average molecular weight is 308 g/mol. The standard InChI is InChI=1S/C11H10BrN5O/c1-2-3-17-11(18)10(12)9(7-16-17)13-4-8-5-14-15-6-8/h1,5-7,13H,3-4H2,(H,14,15). The number of aromatic amines is 1. The van der Waals surface area contributed by atoms with Crippen LogP contribution in [0, 0.1) is 12.3 Å². The molecule has 0 amide bonds. The molecule has 0 unspecified atom stereocenters. The van der Waals surface area contributed by atoms with Gasteiger partial charge in [-0.3, -0.25) is 9.89 Å². The fourth-order valence-corrected chi connectivity index (χ4v) is 1.81. The van der Waals surface area contributed by atoms with E-state index in [4.69, 9.17) is 6.42 Å². The van der Waals surface area contributed by atoms with Crippen molar-refractivity contribution in [2.45, 2.75) is 13.1 Å². The van der Waals surface area contributed by atoms with Gasteiger partial charge in [-0.1, -0.05) is 5.92 Å². The lowest BCUT2D eigenvalue weighted by molar-refractivity contribution is 0.659. The van der Waals surface area contributed by atoms with Crippen LogP contribution in [-0.4, -0.2) is 20.0 Å². The minimum atomic E-state index is -0.259. The Balaban J connectivity index is 2.17. The summed E-state index contributed by atoms with van der Waals surface area (Å²) in [7, 11) is 0. The van der Waals surface area contributed by atoms with Gasteiger partial charge in [0.1, 0.15) is 11.0 Å². The highest BCUT2D eigenvalue weighted by atomic mass is 79.9. The molecule has 0 fully saturated rings. The first-order valence-corrected chi connectivity index (χ1v) is 5.92. The van der Waals surface area contributed by atoms with Crippen molar-refractivity contribution < 1.29 is 0 Å². The van der Waals surface area contributed by atoms with Crippen molar-refractivity contribution in [2.75, 3.05) is 5.32 Å². The summed E-state index contributed by atoms with van der Waals surface area (Å²) in [6.45, 7) is 0.703. The fraction of sp³-hybridized carbons (Fsp3) is 0.182. The molecule has 2 heterocycles. The molecule has 0 aromatic carbocycles. The molecule has 0 atom stereocenters. The summed E-state index contributed by atoms with van der Waals surface area (Å²) in [5, 5.41) is 13.6. The zero-order valence-corrected chi connectivity index (χ0v) is 10.9. The lowest BCUT2D eigenvalue weighted by Crippen LogP contribution is -2.24. The smallest absolute Gasteiger partial charge is 0.284 e. The van der Waals surface area contributed by atoms with Crippen LogP contribution in [0.15, 0.2) is 27.9 Å². The molecule has 0 saturated heterocycles. The molecule has 0 aliphatic rings. The van der Waals surface area contributed by atoms with E-state index in [2.05, 4.69) is 42.5 Å². The van der Waals surface area contributed by atoms with Gasteiger partial charge < -0.3 is 5.32 Å². The molecule has 2 aromatic heterocycles. The van der Waals surface area contributed by atoms with Crippen molar-refractivity contribution in [1.82, 2.24) is 20.0 Å². The van der Waals surface area contributed by atoms with Gasteiger partial charge in [0.15, 0.2) is 0 Å². The highest BCUT2D eigenvalue weighted by molar-refractivity contribution is 9.10. The topological polar surface area (TPSA) is 75.6 Å². The average Bonchev–Trinajstić information content (AvgIpc) is 2.87. The quantitative estimate of drug-likeness (QED) is 0.826. The summed E-state index contributed by atoms with van der Waals surface area (Å²) in [5.41, 5.74) is 1.34. The van der Waals surface area contributed by atoms with Gasteiger partial charge in [0.2, 0.25) is 0 Å². The highest BCUT2D eigenvalue weighted by Crippen LogP contribution is 2.16. The van der Waals surface area contributed by atoms with Gasteiger partial charge in [-0.2, -0.15) is 10.2 Å². The molecule has 18 heavy (non-hydrogen) atoms. The van der Waals surface area contributed by atoms with Crippen molar-refractivity contribution in [1.29, 1.82) is 0 Å². The van der Waals surface area contributed by atoms with Crippen LogP contribution in [-0.2, 0) is 13.1 Å². The molecular formula is C11H10BrN5O. The molecular weight excluding hydrogens is 298 g/mol. The van der Waals surface area contributed by atoms with Crippen molar-refractivity contribution in [3.8, 4) is 12.3 Å². The first-order valence-electron chi connectivity index (χ1n) is 5.13. The summed E-state index contributed by atoms with van der Waals surface area (Å²) in [5.74, 6) is 2.37. The second-order valence-corrected chi connectivity index (χ2v) is 4.29. The minimum Gasteiger partial charge on any atom is -0.378 e. The molecule has 0 radical (unpaired) electrons. The Labute approximate surface area is 112 Å². The summed E-state index contributed by atoms with van der Waals surface area (Å²) in [6.07, 6.45) is 10.2. The number of terminal acetylenes is 1. The van der Waals surface area contributed by atoms with Crippen LogP contribution in [0.1, 0.15) is 5.56 Å². The molecule has 0 bridgehead atoms. The number of nitrogens with one attached hydrogen (secondary N) is 2. The Kier molecular flexibility index (Phi) is 3.79. The lowest BCUT2D eigenvalue weighted by Gasteiger charge is -2.08. The molecule has 6 nitrogen and oxygen atoms in total. The van der Waals surface area contributed by atoms with Crippen molar-refractivity contribution >= 4 is 21.6 Å². The van der Waals surface area contributed by atoms with E-state index in [1.165, 1.54) is 4.68 Å². The Morgan fingerprint density at radius 3 is 3.06 bits per heavy atom. The summed E-state index contributed by atoms with van der Waals surface area (Å²) < 4.78 is 1.63. The third-order valence-corrected chi connectivity index (χ3v) is 3.03. The predicted molar refractivity (Wildman–Crippen MR) is 70.9 cm³/mol. The maximum Gasteiger partial charge on any atom is 0.284 e. The monoisotopic (exact) mass is 307 g/mol. The Morgan fingerprint density at radius 2 is 2.39 bits per heavy atom. The predicted octanol–water partition coefficient (Wildman–Crippen LogP) is 0.974. The van der Waals surface area contributed by atoms with Gasteiger partial charge >= 0.3 is 0 Å². The Bertz CT molecular complexity index is 626. The zero-order valence-electron chi connectivity index (χ0n) is 9.35. The van der Waals surface area contributed by atoms with Crippen LogP contribution < -0.4 is 10.9 Å². The van der Waals surface area contributed by atoms with Crippen LogP contribution in [0.25, 0.3) is 0 Å². The molecule has 2 N–H and O–H groups in total. The molecule has 0 saturated carbocycles. The van der Waals surface area contributed by atoms with E-state index >= 15 is 0 Å². The van der Waals surface area contributed by atoms with Crippen LogP contribution in [0.2, 0.25) is 0 Å². The molecule has 2 aromatic rings. The van der Waals surface area contributed by atoms with Crippen LogP contribution >= 0.6 is 15.9 Å². The Hall–Kier alpha value is -2.07. The molecule has 0 aliphatic carbocycles. The van der Waals surface area contributed by atoms with Crippen LogP contribution in [0.4, 0.5) is 5.69 Å². The van der Waals surface area contributed by atoms with Gasteiger partial charge in [0.25, 0.3) is 5.56 Å². The van der Waals surface area contributed by atoms with Gasteiger partial charge in [-0.05, 0) is 15.9 Å². The number of nitrogens with zero attached hydrogens (tertiary/aromatic N) is 3. The van der Waals surface area contributed by atoms with E-state index in [1.54, 1.807) is 18.6 Å². The number of hydrogen-bond acceptors (Lipinski definition) is 4. The number of anilines is 1. The number of H-pyrrole nitrogens is 1. The third-order valence-electron chi connectivity index (χ3n) is 2.26. The van der Waals surface area contributed by atoms with E-state index in [0.29, 0.717) is 16.7 Å².